The quantitative estimate of drug-likeness (QED) is 0.563. The van der Waals surface area contributed by atoms with Gasteiger partial charge < -0.3 is 20.1 Å². The summed E-state index contributed by atoms with van der Waals surface area (Å²) in [6.07, 6.45) is 0. The van der Waals surface area contributed by atoms with E-state index in [1.165, 1.54) is 14.2 Å². The molecule has 8 nitrogen and oxygen atoms in total. The zero-order valence-electron chi connectivity index (χ0n) is 15.2. The third-order valence-corrected chi connectivity index (χ3v) is 3.97. The number of hydrogen-bond donors (Lipinski definition) is 3. The summed E-state index contributed by atoms with van der Waals surface area (Å²) in [6, 6.07) is 15.3. The van der Waals surface area contributed by atoms with E-state index in [1.54, 1.807) is 36.4 Å². The minimum atomic E-state index is -0.412. The first-order valence-electron chi connectivity index (χ1n) is 8.24. The number of benzene rings is 2. The van der Waals surface area contributed by atoms with Crippen LogP contribution < -0.4 is 25.4 Å². The van der Waals surface area contributed by atoms with Crippen LogP contribution >= 0.6 is 11.6 Å². The van der Waals surface area contributed by atoms with Gasteiger partial charge in [-0.1, -0.05) is 29.8 Å². The van der Waals surface area contributed by atoms with Crippen molar-refractivity contribution in [2.75, 3.05) is 30.2 Å². The second-order valence-corrected chi connectivity index (χ2v) is 5.97. The Labute approximate surface area is 166 Å². The highest BCUT2D eigenvalue weighted by Crippen LogP contribution is 2.37. The van der Waals surface area contributed by atoms with E-state index in [1.807, 2.05) is 18.2 Å². The lowest BCUT2D eigenvalue weighted by Gasteiger charge is -2.13. The Morgan fingerprint density at radius 1 is 0.893 bits per heavy atom. The van der Waals surface area contributed by atoms with Crippen LogP contribution in [0.15, 0.2) is 54.6 Å². The summed E-state index contributed by atoms with van der Waals surface area (Å²) in [4.78, 5) is 12.0. The van der Waals surface area contributed by atoms with Crippen LogP contribution in [0.1, 0.15) is 0 Å². The Kier molecular flexibility index (Phi) is 6.13. The molecule has 3 aromatic rings. The van der Waals surface area contributed by atoms with Crippen LogP contribution in [-0.4, -0.2) is 30.4 Å². The molecule has 0 aliphatic carbocycles. The molecule has 0 aliphatic rings. The molecule has 144 valence electrons. The molecule has 0 saturated carbocycles. The van der Waals surface area contributed by atoms with Crippen molar-refractivity contribution in [1.29, 1.82) is 0 Å². The number of methoxy groups -OCH3 is 2. The number of urea groups is 1. The smallest absolute Gasteiger partial charge is 0.324 e. The average molecular weight is 400 g/mol. The molecular formula is C19H18ClN5O3. The Hall–Kier alpha value is -3.52. The third-order valence-electron chi connectivity index (χ3n) is 3.67. The Morgan fingerprint density at radius 2 is 1.57 bits per heavy atom. The summed E-state index contributed by atoms with van der Waals surface area (Å²) in [5.74, 6) is 1.78. The van der Waals surface area contributed by atoms with Gasteiger partial charge >= 0.3 is 6.03 Å². The van der Waals surface area contributed by atoms with Crippen molar-refractivity contribution in [3.8, 4) is 11.5 Å². The number of amides is 2. The molecule has 2 amide bonds. The van der Waals surface area contributed by atoms with Gasteiger partial charge in [-0.25, -0.2) is 4.79 Å². The van der Waals surface area contributed by atoms with Crippen molar-refractivity contribution < 1.29 is 14.3 Å². The molecule has 0 atom stereocenters. The van der Waals surface area contributed by atoms with Crippen molar-refractivity contribution in [2.24, 2.45) is 0 Å². The van der Waals surface area contributed by atoms with Gasteiger partial charge in [-0.05, 0) is 24.3 Å². The summed E-state index contributed by atoms with van der Waals surface area (Å²) in [5.41, 5.74) is 1.29. The van der Waals surface area contributed by atoms with Crippen LogP contribution in [0.4, 0.5) is 27.8 Å². The zero-order valence-corrected chi connectivity index (χ0v) is 15.9. The van der Waals surface area contributed by atoms with Crippen LogP contribution in [0.3, 0.4) is 0 Å². The van der Waals surface area contributed by atoms with Crippen molar-refractivity contribution in [1.82, 2.24) is 10.2 Å². The summed E-state index contributed by atoms with van der Waals surface area (Å²) in [5, 5.41) is 16.9. The maximum Gasteiger partial charge on any atom is 0.324 e. The fourth-order valence-electron chi connectivity index (χ4n) is 2.36. The largest absolute Gasteiger partial charge is 0.495 e. The van der Waals surface area contributed by atoms with Crippen LogP contribution in [0, 0.1) is 0 Å². The number of rotatable bonds is 6. The van der Waals surface area contributed by atoms with Crippen LogP contribution in [-0.2, 0) is 0 Å². The second-order valence-electron chi connectivity index (χ2n) is 5.56. The SMILES string of the molecule is COc1cc(Nc2ccc(NC(=O)Nc3ccccc3)nn2)c(OC)cc1Cl. The number of ether oxygens (including phenoxy) is 2. The summed E-state index contributed by atoms with van der Waals surface area (Å²) in [7, 11) is 3.06. The molecule has 3 rings (SSSR count). The van der Waals surface area contributed by atoms with E-state index in [-0.39, 0.29) is 0 Å². The van der Waals surface area contributed by atoms with Gasteiger partial charge in [0.25, 0.3) is 0 Å². The molecular weight excluding hydrogens is 382 g/mol. The van der Waals surface area contributed by atoms with E-state index in [0.717, 1.165) is 0 Å². The fraction of sp³-hybridized carbons (Fsp3) is 0.105. The third kappa shape index (κ3) is 4.80. The summed E-state index contributed by atoms with van der Waals surface area (Å²) < 4.78 is 10.5. The highest BCUT2D eigenvalue weighted by molar-refractivity contribution is 6.32. The molecule has 2 aromatic carbocycles. The lowest BCUT2D eigenvalue weighted by molar-refractivity contribution is 0.262. The number of para-hydroxylation sites is 1. The minimum absolute atomic E-state index is 0.305. The number of carbonyl (C=O) groups is 1. The van der Waals surface area contributed by atoms with E-state index in [4.69, 9.17) is 21.1 Å². The van der Waals surface area contributed by atoms with Gasteiger partial charge in [0, 0.05) is 17.8 Å². The predicted octanol–water partition coefficient (Wildman–Crippen LogP) is 4.53. The molecule has 0 spiro atoms. The summed E-state index contributed by atoms with van der Waals surface area (Å²) in [6.45, 7) is 0. The Balaban J connectivity index is 1.67. The first kappa shape index (κ1) is 19.2. The molecule has 9 heteroatoms. The molecule has 0 fully saturated rings. The van der Waals surface area contributed by atoms with Crippen molar-refractivity contribution in [3.05, 3.63) is 59.6 Å². The highest BCUT2D eigenvalue weighted by atomic mass is 35.5. The lowest BCUT2D eigenvalue weighted by atomic mass is 10.2. The number of carbonyl (C=O) groups excluding carboxylic acids is 1. The molecule has 3 N–H and O–H groups in total. The number of nitrogens with one attached hydrogen (secondary N) is 3. The first-order chi connectivity index (χ1) is 13.6. The van der Waals surface area contributed by atoms with Gasteiger partial charge in [0.2, 0.25) is 0 Å². The summed E-state index contributed by atoms with van der Waals surface area (Å²) >= 11 is 6.10. The average Bonchev–Trinajstić information content (AvgIpc) is 2.71. The Morgan fingerprint density at radius 3 is 2.21 bits per heavy atom. The molecule has 0 bridgehead atoms. The van der Waals surface area contributed by atoms with Crippen molar-refractivity contribution in [2.45, 2.75) is 0 Å². The maximum atomic E-state index is 12.0. The zero-order chi connectivity index (χ0) is 19.9. The van der Waals surface area contributed by atoms with Gasteiger partial charge in [0.15, 0.2) is 11.6 Å². The topological polar surface area (TPSA) is 97.4 Å². The van der Waals surface area contributed by atoms with Crippen molar-refractivity contribution >= 4 is 40.6 Å². The highest BCUT2D eigenvalue weighted by Gasteiger charge is 2.11. The first-order valence-corrected chi connectivity index (χ1v) is 8.62. The number of nitrogens with zero attached hydrogens (tertiary/aromatic N) is 2. The molecule has 0 unspecified atom stereocenters. The lowest BCUT2D eigenvalue weighted by Crippen LogP contribution is -2.20. The minimum Gasteiger partial charge on any atom is -0.495 e. The molecule has 0 aliphatic heterocycles. The van der Waals surface area contributed by atoms with E-state index >= 15 is 0 Å². The predicted molar refractivity (Wildman–Crippen MR) is 109 cm³/mol. The molecule has 28 heavy (non-hydrogen) atoms. The van der Waals surface area contributed by atoms with E-state index in [0.29, 0.717) is 39.5 Å². The maximum absolute atomic E-state index is 12.0. The van der Waals surface area contributed by atoms with E-state index in [9.17, 15) is 4.79 Å². The van der Waals surface area contributed by atoms with Crippen LogP contribution in [0.2, 0.25) is 5.02 Å². The van der Waals surface area contributed by atoms with Gasteiger partial charge in [0.1, 0.15) is 11.5 Å². The van der Waals surface area contributed by atoms with Gasteiger partial charge in [0.05, 0.1) is 24.9 Å². The second kappa shape index (κ2) is 8.92. The molecule has 0 radical (unpaired) electrons. The number of aromatic nitrogens is 2. The van der Waals surface area contributed by atoms with E-state index < -0.39 is 6.03 Å². The van der Waals surface area contributed by atoms with Crippen molar-refractivity contribution in [3.63, 3.8) is 0 Å². The molecule has 1 aromatic heterocycles. The normalized spacial score (nSPS) is 10.1. The van der Waals surface area contributed by atoms with Crippen LogP contribution in [0.5, 0.6) is 11.5 Å². The van der Waals surface area contributed by atoms with Gasteiger partial charge in [-0.2, -0.15) is 0 Å². The van der Waals surface area contributed by atoms with Gasteiger partial charge in [-0.15, -0.1) is 10.2 Å². The number of hydrogen-bond acceptors (Lipinski definition) is 6. The number of halogens is 1. The van der Waals surface area contributed by atoms with Gasteiger partial charge in [-0.3, -0.25) is 5.32 Å². The monoisotopic (exact) mass is 399 g/mol. The fourth-order valence-corrected chi connectivity index (χ4v) is 2.59. The molecule has 0 saturated heterocycles. The number of anilines is 4. The van der Waals surface area contributed by atoms with Crippen LogP contribution in [0.25, 0.3) is 0 Å². The Bertz CT molecular complexity index is 952. The molecule has 1 heterocycles. The standard InChI is InChI=1S/C19H18ClN5O3/c1-27-15-11-14(16(28-2)10-13(15)20)22-17-8-9-18(25-24-17)23-19(26)21-12-6-4-3-5-7-12/h3-11H,1-2H3,(H,22,24)(H2,21,23,25,26). The van der Waals surface area contributed by atoms with E-state index in [2.05, 4.69) is 26.1 Å².